The van der Waals surface area contributed by atoms with E-state index in [0.29, 0.717) is 12.3 Å². The minimum Gasteiger partial charge on any atom is -0.492 e. The Kier molecular flexibility index (Phi) is 5.67. The van der Waals surface area contributed by atoms with Crippen LogP contribution < -0.4 is 4.74 Å². The van der Waals surface area contributed by atoms with E-state index in [9.17, 15) is 18.8 Å². The van der Waals surface area contributed by atoms with E-state index in [1.807, 2.05) is 0 Å². The molecule has 23 heavy (non-hydrogen) atoms. The summed E-state index contributed by atoms with van der Waals surface area (Å²) in [5, 5.41) is 0. The monoisotopic (exact) mass is 322 g/mol. The van der Waals surface area contributed by atoms with Crippen LogP contribution in [0.3, 0.4) is 0 Å². The Balaban J connectivity index is 1.69. The van der Waals surface area contributed by atoms with Gasteiger partial charge in [0.2, 0.25) is 17.7 Å². The number of imide groups is 1. The molecule has 0 bridgehead atoms. The summed E-state index contributed by atoms with van der Waals surface area (Å²) in [5.74, 6) is -0.411. The van der Waals surface area contributed by atoms with Crippen molar-refractivity contribution in [2.24, 2.45) is 0 Å². The Bertz CT molecular complexity index is 572. The van der Waals surface area contributed by atoms with Crippen molar-refractivity contribution in [2.45, 2.75) is 19.3 Å². The van der Waals surface area contributed by atoms with Gasteiger partial charge in [0.1, 0.15) is 18.2 Å². The van der Waals surface area contributed by atoms with E-state index in [1.165, 1.54) is 29.2 Å². The van der Waals surface area contributed by atoms with Gasteiger partial charge in [0, 0.05) is 32.9 Å². The number of likely N-dealkylation sites (N-methyl/N-ethyl adjacent to an activating group) is 1. The van der Waals surface area contributed by atoms with Gasteiger partial charge in [0.15, 0.2) is 0 Å². The van der Waals surface area contributed by atoms with Gasteiger partial charge in [-0.3, -0.25) is 19.3 Å². The van der Waals surface area contributed by atoms with Crippen LogP contribution >= 0.6 is 0 Å². The maximum atomic E-state index is 12.8. The molecule has 124 valence electrons. The zero-order chi connectivity index (χ0) is 16.8. The molecule has 1 fully saturated rings. The summed E-state index contributed by atoms with van der Waals surface area (Å²) in [6.07, 6.45) is 0.563. The molecule has 1 aliphatic rings. The van der Waals surface area contributed by atoms with Gasteiger partial charge in [-0.15, -0.1) is 0 Å². The van der Waals surface area contributed by atoms with Gasteiger partial charge in [0.05, 0.1) is 6.54 Å². The molecule has 0 radical (unpaired) electrons. The fourth-order valence-electron chi connectivity index (χ4n) is 2.23. The van der Waals surface area contributed by atoms with Crippen LogP contribution in [0.15, 0.2) is 24.3 Å². The number of nitrogens with zero attached hydrogens (tertiary/aromatic N) is 2. The van der Waals surface area contributed by atoms with Crippen molar-refractivity contribution in [3.63, 3.8) is 0 Å². The molecule has 0 aliphatic carbocycles. The van der Waals surface area contributed by atoms with Crippen molar-refractivity contribution in [3.8, 4) is 5.75 Å². The first-order chi connectivity index (χ1) is 11.0. The number of likely N-dealkylation sites (tertiary alicyclic amines) is 1. The van der Waals surface area contributed by atoms with E-state index < -0.39 is 0 Å². The first kappa shape index (κ1) is 16.9. The second kappa shape index (κ2) is 7.71. The highest BCUT2D eigenvalue weighted by atomic mass is 19.1. The molecule has 0 unspecified atom stereocenters. The highest BCUT2D eigenvalue weighted by molar-refractivity contribution is 6.02. The first-order valence-corrected chi connectivity index (χ1v) is 7.43. The van der Waals surface area contributed by atoms with Gasteiger partial charge < -0.3 is 9.64 Å². The highest BCUT2D eigenvalue weighted by Crippen LogP contribution is 2.13. The lowest BCUT2D eigenvalue weighted by Crippen LogP contribution is -2.36. The molecule has 1 heterocycles. The third-order valence-electron chi connectivity index (χ3n) is 3.64. The fourth-order valence-corrected chi connectivity index (χ4v) is 2.23. The quantitative estimate of drug-likeness (QED) is 0.708. The summed E-state index contributed by atoms with van der Waals surface area (Å²) >= 11 is 0. The standard InChI is InChI=1S/C16H19FN2O4/c1-18(10-11-23-13-4-2-12(17)3-5-13)14(20)8-9-19-15(21)6-7-16(19)22/h2-5H,6-11H2,1H3. The number of carbonyl (C=O) groups is 3. The lowest BCUT2D eigenvalue weighted by molar-refractivity contribution is -0.139. The molecular weight excluding hydrogens is 303 g/mol. The Morgan fingerprint density at radius 1 is 1.22 bits per heavy atom. The average Bonchev–Trinajstić information content (AvgIpc) is 2.85. The Hall–Kier alpha value is -2.44. The third-order valence-corrected chi connectivity index (χ3v) is 3.64. The van der Waals surface area contributed by atoms with Crippen molar-refractivity contribution < 1.29 is 23.5 Å². The molecule has 1 aromatic rings. The molecule has 2 rings (SSSR count). The molecule has 0 atom stereocenters. The zero-order valence-electron chi connectivity index (χ0n) is 13.0. The Morgan fingerprint density at radius 3 is 2.43 bits per heavy atom. The van der Waals surface area contributed by atoms with Crippen LogP contribution in [-0.2, 0) is 14.4 Å². The van der Waals surface area contributed by atoms with Crippen molar-refractivity contribution in [1.29, 1.82) is 0 Å². The molecule has 7 heteroatoms. The molecule has 1 aliphatic heterocycles. The SMILES string of the molecule is CN(CCOc1ccc(F)cc1)C(=O)CCN1C(=O)CCC1=O. The molecular formula is C16H19FN2O4. The summed E-state index contributed by atoms with van der Waals surface area (Å²) in [7, 11) is 1.63. The second-order valence-electron chi connectivity index (χ2n) is 5.31. The van der Waals surface area contributed by atoms with E-state index in [0.717, 1.165) is 4.90 Å². The van der Waals surface area contributed by atoms with Crippen LogP contribution in [0.2, 0.25) is 0 Å². The first-order valence-electron chi connectivity index (χ1n) is 7.43. The number of amides is 3. The normalized spacial score (nSPS) is 14.3. The number of hydrogen-bond acceptors (Lipinski definition) is 4. The van der Waals surface area contributed by atoms with E-state index in [-0.39, 0.29) is 56.0 Å². The predicted molar refractivity (Wildman–Crippen MR) is 80.1 cm³/mol. The third kappa shape index (κ3) is 4.77. The molecule has 0 N–H and O–H groups in total. The van der Waals surface area contributed by atoms with Gasteiger partial charge in [0.25, 0.3) is 0 Å². The summed E-state index contributed by atoms with van der Waals surface area (Å²) in [4.78, 5) is 37.5. The van der Waals surface area contributed by atoms with Gasteiger partial charge >= 0.3 is 0 Å². The molecule has 0 saturated carbocycles. The van der Waals surface area contributed by atoms with E-state index >= 15 is 0 Å². The number of ether oxygens (including phenoxy) is 1. The second-order valence-corrected chi connectivity index (χ2v) is 5.31. The maximum Gasteiger partial charge on any atom is 0.229 e. The molecule has 6 nitrogen and oxygen atoms in total. The molecule has 0 spiro atoms. The van der Waals surface area contributed by atoms with Crippen molar-refractivity contribution in [1.82, 2.24) is 9.80 Å². The van der Waals surface area contributed by atoms with Crippen molar-refractivity contribution in [3.05, 3.63) is 30.1 Å². The van der Waals surface area contributed by atoms with Gasteiger partial charge in [-0.05, 0) is 24.3 Å². The lowest BCUT2D eigenvalue weighted by Gasteiger charge is -2.19. The van der Waals surface area contributed by atoms with E-state index in [1.54, 1.807) is 7.05 Å². The summed E-state index contributed by atoms with van der Waals surface area (Å²) in [6, 6.07) is 5.63. The molecule has 0 aromatic heterocycles. The Labute approximate surface area is 133 Å². The number of hydrogen-bond donors (Lipinski definition) is 0. The summed E-state index contributed by atoms with van der Waals surface area (Å²) in [6.45, 7) is 0.757. The van der Waals surface area contributed by atoms with E-state index in [2.05, 4.69) is 0 Å². The zero-order valence-corrected chi connectivity index (χ0v) is 13.0. The van der Waals surface area contributed by atoms with Gasteiger partial charge in [-0.1, -0.05) is 0 Å². The number of rotatable bonds is 7. The summed E-state index contributed by atoms with van der Waals surface area (Å²) in [5.41, 5.74) is 0. The van der Waals surface area contributed by atoms with Crippen LogP contribution in [0.1, 0.15) is 19.3 Å². The molecule has 3 amide bonds. The van der Waals surface area contributed by atoms with Crippen LogP contribution in [0.5, 0.6) is 5.75 Å². The van der Waals surface area contributed by atoms with Crippen molar-refractivity contribution in [2.75, 3.05) is 26.7 Å². The number of carbonyl (C=O) groups excluding carboxylic acids is 3. The number of halogens is 1. The summed E-state index contributed by atoms with van der Waals surface area (Å²) < 4.78 is 18.2. The van der Waals surface area contributed by atoms with Crippen LogP contribution in [0, 0.1) is 5.82 Å². The van der Waals surface area contributed by atoms with E-state index in [4.69, 9.17) is 4.74 Å². The largest absolute Gasteiger partial charge is 0.492 e. The smallest absolute Gasteiger partial charge is 0.229 e. The van der Waals surface area contributed by atoms with Crippen LogP contribution in [0.25, 0.3) is 0 Å². The van der Waals surface area contributed by atoms with Gasteiger partial charge in [-0.2, -0.15) is 0 Å². The lowest BCUT2D eigenvalue weighted by atomic mass is 10.3. The van der Waals surface area contributed by atoms with Gasteiger partial charge in [-0.25, -0.2) is 4.39 Å². The maximum absolute atomic E-state index is 12.8. The topological polar surface area (TPSA) is 66.9 Å². The van der Waals surface area contributed by atoms with Crippen molar-refractivity contribution >= 4 is 17.7 Å². The Morgan fingerprint density at radius 2 is 1.83 bits per heavy atom. The molecule has 1 aromatic carbocycles. The average molecular weight is 322 g/mol. The minimum atomic E-state index is -0.337. The molecule has 1 saturated heterocycles. The predicted octanol–water partition coefficient (Wildman–Crippen LogP) is 1.20. The number of benzene rings is 1. The minimum absolute atomic E-state index is 0.102. The van der Waals surface area contributed by atoms with Crippen LogP contribution in [0.4, 0.5) is 4.39 Å². The van der Waals surface area contributed by atoms with Crippen LogP contribution in [-0.4, -0.2) is 54.3 Å². The highest BCUT2D eigenvalue weighted by Gasteiger charge is 2.29. The fraction of sp³-hybridized carbons (Fsp3) is 0.438.